The number of halogens is 3. The lowest BCUT2D eigenvalue weighted by Crippen LogP contribution is -2.43. The highest BCUT2D eigenvalue weighted by Gasteiger charge is 2.33. The predicted octanol–water partition coefficient (Wildman–Crippen LogP) is 8.38. The monoisotopic (exact) mass is 540 g/mol. The van der Waals surface area contributed by atoms with Crippen LogP contribution in [0.15, 0.2) is 60.7 Å². The first-order valence-electron chi connectivity index (χ1n) is 13.6. The maximum atomic E-state index is 12.5. The van der Waals surface area contributed by atoms with Gasteiger partial charge in [0.1, 0.15) is 11.5 Å². The summed E-state index contributed by atoms with van der Waals surface area (Å²) < 4.78 is 58.5. The third-order valence-electron chi connectivity index (χ3n) is 7.52. The van der Waals surface area contributed by atoms with Crippen molar-refractivity contribution < 1.29 is 32.1 Å². The van der Waals surface area contributed by atoms with E-state index in [9.17, 15) is 13.2 Å². The smallest absolute Gasteiger partial charge is 0.494 e. The molecular weight excluding hydrogens is 505 g/mol. The quantitative estimate of drug-likeness (QED) is 0.216. The Hall–Kier alpha value is -3.03. The zero-order chi connectivity index (χ0) is 27.5. The minimum Gasteiger partial charge on any atom is -0.494 e. The topological polar surface area (TPSA) is 36.9 Å². The summed E-state index contributed by atoms with van der Waals surface area (Å²) in [6.45, 7) is 8.27. The Labute approximate surface area is 228 Å². The number of unbranched alkanes of at least 4 members (excludes halogenated alkanes) is 3. The van der Waals surface area contributed by atoms with E-state index < -0.39 is 6.36 Å². The second kappa shape index (κ2) is 11.6. The van der Waals surface area contributed by atoms with E-state index in [1.54, 1.807) is 12.1 Å². The standard InChI is InChI=1S/C32H35F3O4/c1-22-29-17-24(23-7-10-25(11-8-23)39-32(33,34)35)9-13-27(29)28-14-12-26(18-30(22)28)38-16-6-4-3-5-15-36-19-31(2)20-37-21-31/h7-14,17-18,22H,3-6,15-16,19-21H2,1-2H3. The first-order valence-corrected chi connectivity index (χ1v) is 13.6. The fourth-order valence-corrected chi connectivity index (χ4v) is 5.30. The first-order chi connectivity index (χ1) is 18.7. The van der Waals surface area contributed by atoms with Crippen LogP contribution in [0, 0.1) is 5.41 Å². The van der Waals surface area contributed by atoms with Gasteiger partial charge in [0.2, 0.25) is 0 Å². The van der Waals surface area contributed by atoms with Gasteiger partial charge in [-0.1, -0.05) is 50.6 Å². The molecule has 7 heteroatoms. The molecule has 0 saturated carbocycles. The molecule has 5 rings (SSSR count). The number of benzene rings is 3. The minimum atomic E-state index is -4.70. The van der Waals surface area contributed by atoms with Crippen molar-refractivity contribution in [1.82, 2.24) is 0 Å². The van der Waals surface area contributed by atoms with Crippen LogP contribution < -0.4 is 9.47 Å². The van der Waals surface area contributed by atoms with Gasteiger partial charge in [0.15, 0.2) is 0 Å². The molecule has 4 nitrogen and oxygen atoms in total. The Morgan fingerprint density at radius 1 is 0.795 bits per heavy atom. The van der Waals surface area contributed by atoms with Crippen molar-refractivity contribution in [1.29, 1.82) is 0 Å². The van der Waals surface area contributed by atoms with Crippen LogP contribution in [-0.2, 0) is 9.47 Å². The zero-order valence-corrected chi connectivity index (χ0v) is 22.5. The van der Waals surface area contributed by atoms with Crippen LogP contribution in [0.4, 0.5) is 13.2 Å². The van der Waals surface area contributed by atoms with E-state index in [1.807, 2.05) is 12.1 Å². The van der Waals surface area contributed by atoms with Crippen LogP contribution in [-0.4, -0.2) is 39.4 Å². The van der Waals surface area contributed by atoms with Crippen molar-refractivity contribution >= 4 is 0 Å². The number of fused-ring (bicyclic) bond motifs is 3. The number of hydrogen-bond donors (Lipinski definition) is 0. The first kappa shape index (κ1) is 27.5. The zero-order valence-electron chi connectivity index (χ0n) is 22.5. The van der Waals surface area contributed by atoms with Gasteiger partial charge >= 0.3 is 6.36 Å². The summed E-state index contributed by atoms with van der Waals surface area (Å²) in [4.78, 5) is 0. The van der Waals surface area contributed by atoms with Gasteiger partial charge in [-0.05, 0) is 83.0 Å². The maximum absolute atomic E-state index is 12.5. The lowest BCUT2D eigenvalue weighted by Gasteiger charge is -2.37. The van der Waals surface area contributed by atoms with E-state index in [0.29, 0.717) is 6.61 Å². The molecule has 0 bridgehead atoms. The van der Waals surface area contributed by atoms with Crippen molar-refractivity contribution in [2.75, 3.05) is 33.0 Å². The summed E-state index contributed by atoms with van der Waals surface area (Å²) in [6.07, 6.45) is -0.373. The van der Waals surface area contributed by atoms with E-state index in [1.165, 1.54) is 34.4 Å². The molecule has 1 saturated heterocycles. The van der Waals surface area contributed by atoms with Crippen molar-refractivity contribution in [3.8, 4) is 33.8 Å². The van der Waals surface area contributed by atoms with Crippen LogP contribution >= 0.6 is 0 Å². The van der Waals surface area contributed by atoms with E-state index in [0.717, 1.165) is 69.0 Å². The molecule has 1 heterocycles. The van der Waals surface area contributed by atoms with Gasteiger partial charge < -0.3 is 18.9 Å². The Morgan fingerprint density at radius 2 is 1.41 bits per heavy atom. The summed E-state index contributed by atoms with van der Waals surface area (Å²) >= 11 is 0. The van der Waals surface area contributed by atoms with Gasteiger partial charge in [-0.15, -0.1) is 13.2 Å². The van der Waals surface area contributed by atoms with Crippen molar-refractivity contribution in [3.05, 3.63) is 71.8 Å². The summed E-state index contributed by atoms with van der Waals surface area (Å²) in [5, 5.41) is 0. The molecule has 3 aromatic rings. The van der Waals surface area contributed by atoms with Crippen LogP contribution in [0.5, 0.6) is 11.5 Å². The van der Waals surface area contributed by atoms with Crippen LogP contribution in [0.1, 0.15) is 56.6 Å². The Kier molecular flexibility index (Phi) is 8.19. The SMILES string of the molecule is CC1c2cc(OCCCCCCOCC3(C)COC3)ccc2-c2ccc(-c3ccc(OC(F)(F)F)cc3)cc21. The molecule has 0 aromatic heterocycles. The van der Waals surface area contributed by atoms with E-state index in [4.69, 9.17) is 14.2 Å². The summed E-state index contributed by atoms with van der Waals surface area (Å²) in [5.74, 6) is 0.854. The Bertz CT molecular complexity index is 1270. The fraction of sp³-hybridized carbons (Fsp3) is 0.438. The summed E-state index contributed by atoms with van der Waals surface area (Å²) in [6, 6.07) is 18.5. The summed E-state index contributed by atoms with van der Waals surface area (Å²) in [7, 11) is 0. The minimum absolute atomic E-state index is 0.195. The third-order valence-corrected chi connectivity index (χ3v) is 7.52. The fourth-order valence-electron chi connectivity index (χ4n) is 5.30. The van der Waals surface area contributed by atoms with Crippen LogP contribution in [0.2, 0.25) is 0 Å². The highest BCUT2D eigenvalue weighted by atomic mass is 19.4. The normalized spacial score (nSPS) is 17.3. The highest BCUT2D eigenvalue weighted by Crippen LogP contribution is 2.47. The molecule has 1 aliphatic heterocycles. The average Bonchev–Trinajstić information content (AvgIpc) is 3.17. The average molecular weight is 541 g/mol. The Morgan fingerprint density at radius 3 is 2.08 bits per heavy atom. The molecule has 1 aliphatic carbocycles. The highest BCUT2D eigenvalue weighted by molar-refractivity contribution is 5.82. The number of rotatable bonds is 12. The molecule has 0 N–H and O–H groups in total. The molecule has 0 radical (unpaired) electrons. The molecule has 0 amide bonds. The van der Waals surface area contributed by atoms with Crippen molar-refractivity contribution in [2.45, 2.75) is 51.8 Å². The molecule has 3 aromatic carbocycles. The molecule has 2 aliphatic rings. The maximum Gasteiger partial charge on any atom is 0.573 e. The molecule has 208 valence electrons. The number of alkyl halides is 3. The van der Waals surface area contributed by atoms with E-state index in [-0.39, 0.29) is 17.1 Å². The molecule has 1 atom stereocenters. The van der Waals surface area contributed by atoms with Crippen molar-refractivity contribution in [3.63, 3.8) is 0 Å². The van der Waals surface area contributed by atoms with Crippen molar-refractivity contribution in [2.24, 2.45) is 5.41 Å². The molecule has 0 spiro atoms. The Balaban J connectivity index is 1.11. The van der Waals surface area contributed by atoms with Gasteiger partial charge in [0, 0.05) is 17.9 Å². The van der Waals surface area contributed by atoms with Gasteiger partial charge in [-0.2, -0.15) is 0 Å². The second-order valence-corrected chi connectivity index (χ2v) is 11.0. The molecule has 1 unspecified atom stereocenters. The van der Waals surface area contributed by atoms with E-state index >= 15 is 0 Å². The van der Waals surface area contributed by atoms with Gasteiger partial charge in [-0.3, -0.25) is 0 Å². The summed E-state index contributed by atoms with van der Waals surface area (Å²) in [5.41, 5.74) is 6.84. The van der Waals surface area contributed by atoms with E-state index in [2.05, 4.69) is 42.8 Å². The van der Waals surface area contributed by atoms with Gasteiger partial charge in [0.05, 0.1) is 26.4 Å². The lowest BCUT2D eigenvalue weighted by molar-refractivity contribution is -0.274. The third kappa shape index (κ3) is 6.76. The van der Waals surface area contributed by atoms with Crippen LogP contribution in [0.25, 0.3) is 22.3 Å². The number of ether oxygens (including phenoxy) is 4. The lowest BCUT2D eigenvalue weighted by atomic mass is 9.90. The molecular formula is C32H35F3O4. The molecule has 1 fully saturated rings. The van der Waals surface area contributed by atoms with Gasteiger partial charge in [0.25, 0.3) is 0 Å². The second-order valence-electron chi connectivity index (χ2n) is 11.0. The molecule has 39 heavy (non-hydrogen) atoms. The van der Waals surface area contributed by atoms with Gasteiger partial charge in [-0.25, -0.2) is 0 Å². The number of hydrogen-bond acceptors (Lipinski definition) is 4. The largest absolute Gasteiger partial charge is 0.573 e. The predicted molar refractivity (Wildman–Crippen MR) is 145 cm³/mol. The van der Waals surface area contributed by atoms with Crippen LogP contribution in [0.3, 0.4) is 0 Å².